The van der Waals surface area contributed by atoms with Gasteiger partial charge in [-0.2, -0.15) is 25.2 Å². The van der Waals surface area contributed by atoms with Gasteiger partial charge in [-0.15, -0.1) is 0 Å². The van der Waals surface area contributed by atoms with Gasteiger partial charge in [0.2, 0.25) is 0 Å². The topological polar surface area (TPSA) is 60.4 Å². The molecular weight excluding hydrogens is 475 g/mol. The summed E-state index contributed by atoms with van der Waals surface area (Å²) in [5.74, 6) is -1.76. The van der Waals surface area contributed by atoms with Crippen molar-refractivity contribution in [3.8, 4) is 0 Å². The molecule has 32 heavy (non-hydrogen) atoms. The van der Waals surface area contributed by atoms with Crippen LogP contribution in [-0.4, -0.2) is 19.7 Å². The third-order valence-electron chi connectivity index (χ3n) is 4.36. The molecule has 0 saturated heterocycles. The molecule has 0 aromatic heterocycles. The Bertz CT molecular complexity index is 1180. The van der Waals surface area contributed by atoms with Crippen LogP contribution in [0.25, 0.3) is 0 Å². The molecule has 11 heteroatoms. The first-order valence-corrected chi connectivity index (χ1v) is 11.8. The molecule has 4 nitrogen and oxygen atoms in total. The monoisotopic (exact) mass is 490 g/mol. The maximum absolute atomic E-state index is 13.6. The summed E-state index contributed by atoms with van der Waals surface area (Å²) >= 11 is 0. The number of halogens is 5. The van der Waals surface area contributed by atoms with Gasteiger partial charge in [-0.25, -0.2) is 8.78 Å². The number of hydrogen-bond acceptors (Lipinski definition) is 4. The van der Waals surface area contributed by atoms with Gasteiger partial charge < -0.3 is 0 Å². The van der Waals surface area contributed by atoms with Crippen molar-refractivity contribution < 1.29 is 38.8 Å². The predicted molar refractivity (Wildman–Crippen MR) is 108 cm³/mol. The van der Waals surface area contributed by atoms with Crippen molar-refractivity contribution in [3.63, 3.8) is 0 Å². The first-order valence-electron chi connectivity index (χ1n) is 8.85. The number of rotatable bonds is 6. The summed E-state index contributed by atoms with van der Waals surface area (Å²) in [7, 11) is -9.87. The molecule has 0 atom stereocenters. The summed E-state index contributed by atoms with van der Waals surface area (Å²) in [6.45, 7) is 1.28. The van der Waals surface area contributed by atoms with Crippen molar-refractivity contribution in [1.29, 1.82) is 0 Å². The molecule has 3 aromatic carbocycles. The second-order valence-electron chi connectivity index (χ2n) is 6.51. The molecule has 3 aromatic rings. The summed E-state index contributed by atoms with van der Waals surface area (Å²) in [6, 6.07) is 13.3. The Kier molecular flexibility index (Phi) is 6.45. The lowest BCUT2D eigenvalue weighted by molar-refractivity contribution is -0.0496. The summed E-state index contributed by atoms with van der Waals surface area (Å²) in [5, 5.41) is 0. The molecule has 0 aliphatic carbocycles. The third kappa shape index (κ3) is 4.54. The fourth-order valence-corrected chi connectivity index (χ4v) is 7.53. The van der Waals surface area contributed by atoms with Gasteiger partial charge in [0.05, 0.1) is 0 Å². The maximum Gasteiger partial charge on any atom is 0.524 e. The van der Waals surface area contributed by atoms with Gasteiger partial charge in [0.1, 0.15) is 11.6 Å². The van der Waals surface area contributed by atoms with E-state index >= 15 is 0 Å². The quantitative estimate of drug-likeness (QED) is 0.234. The van der Waals surface area contributed by atoms with Crippen LogP contribution in [0.4, 0.5) is 22.0 Å². The van der Waals surface area contributed by atoms with Crippen molar-refractivity contribution in [2.45, 2.75) is 27.1 Å². The zero-order valence-corrected chi connectivity index (χ0v) is 17.9. The molecule has 0 N–H and O–H groups in total. The maximum atomic E-state index is 13.6. The average molecular weight is 490 g/mol. The Balaban J connectivity index is 2.40. The van der Waals surface area contributed by atoms with Gasteiger partial charge in [-0.05, 0) is 77.9 Å². The van der Waals surface area contributed by atoms with Crippen molar-refractivity contribution in [1.82, 2.24) is 0 Å². The van der Waals surface area contributed by atoms with Crippen LogP contribution < -0.4 is 0 Å². The zero-order valence-electron chi connectivity index (χ0n) is 16.3. The molecule has 0 spiro atoms. The van der Waals surface area contributed by atoms with E-state index in [1.165, 1.54) is 31.2 Å². The molecule has 0 radical (unpaired) electrons. The number of Topliss-reactive ketones (excluding diaryl/α,β-unsaturated/α-hetero) is 1. The van der Waals surface area contributed by atoms with E-state index in [2.05, 4.69) is 0 Å². The first-order chi connectivity index (χ1) is 14.9. The average Bonchev–Trinajstić information content (AvgIpc) is 2.72. The largest absolute Gasteiger partial charge is 0.524 e. The highest BCUT2D eigenvalue weighted by Crippen LogP contribution is 2.70. The third-order valence-corrected chi connectivity index (χ3v) is 9.27. The summed E-state index contributed by atoms with van der Waals surface area (Å²) in [5.41, 5.74) is -5.54. The number of carbonyl (C=O) groups excluding carboxylic acids is 1. The molecule has 0 saturated carbocycles. The lowest BCUT2D eigenvalue weighted by Crippen LogP contribution is -2.27. The zero-order chi connectivity index (χ0) is 23.7. The Hall–Kier alpha value is -2.76. The van der Waals surface area contributed by atoms with E-state index in [4.69, 9.17) is 3.63 Å². The first kappa shape index (κ1) is 23.9. The fraction of sp³-hybridized carbons (Fsp3) is 0.0952. The predicted octanol–water partition coefficient (Wildman–Crippen LogP) is 6.23. The van der Waals surface area contributed by atoms with Crippen LogP contribution >= 0.6 is 10.3 Å². The molecule has 0 heterocycles. The lowest BCUT2D eigenvalue weighted by Gasteiger charge is -2.39. The van der Waals surface area contributed by atoms with Gasteiger partial charge in [0.15, 0.2) is 5.78 Å². The van der Waals surface area contributed by atoms with E-state index in [0.717, 1.165) is 48.5 Å². The molecule has 0 aliphatic rings. The van der Waals surface area contributed by atoms with E-state index < -0.39 is 37.6 Å². The summed E-state index contributed by atoms with van der Waals surface area (Å²) in [6.07, 6.45) is 0. The molecular formula is C21H15F5O4S2. The number of benzene rings is 3. The van der Waals surface area contributed by atoms with Crippen LogP contribution in [0.2, 0.25) is 0 Å². The van der Waals surface area contributed by atoms with Crippen LogP contribution in [0.1, 0.15) is 17.3 Å². The minimum absolute atomic E-state index is 0.0338. The van der Waals surface area contributed by atoms with E-state index in [9.17, 15) is 35.2 Å². The number of carbonyl (C=O) groups is 1. The second-order valence-corrected chi connectivity index (χ2v) is 11.0. The van der Waals surface area contributed by atoms with Gasteiger partial charge in [-0.1, -0.05) is 12.1 Å². The lowest BCUT2D eigenvalue weighted by atomic mass is 10.2. The Morgan fingerprint density at radius 1 is 0.719 bits per heavy atom. The molecule has 0 aliphatic heterocycles. The van der Waals surface area contributed by atoms with E-state index in [0.29, 0.717) is 0 Å². The minimum atomic E-state index is -6.16. The smallest absolute Gasteiger partial charge is 0.295 e. The minimum Gasteiger partial charge on any atom is -0.295 e. The van der Waals surface area contributed by atoms with Crippen LogP contribution in [0, 0.1) is 11.6 Å². The van der Waals surface area contributed by atoms with Gasteiger partial charge >= 0.3 is 15.6 Å². The Morgan fingerprint density at radius 2 is 1.06 bits per heavy atom. The molecule has 0 amide bonds. The summed E-state index contributed by atoms with van der Waals surface area (Å²) < 4.78 is 96.5. The normalized spacial score (nSPS) is 13.1. The second kappa shape index (κ2) is 8.64. The van der Waals surface area contributed by atoms with E-state index in [1.54, 1.807) is 0 Å². The van der Waals surface area contributed by atoms with Crippen LogP contribution in [0.5, 0.6) is 0 Å². The Morgan fingerprint density at radius 3 is 1.38 bits per heavy atom. The molecule has 3 rings (SSSR count). The standard InChI is InChI=1S/C21H15F5O4S2/c1-14(27)15-2-8-18(9-3-15)31(19-10-4-16(22)5-11-19,20-12-6-17(23)7-13-20)30-32(28,29)21(24,25)26/h2-13H,1H3. The molecule has 170 valence electrons. The molecule has 0 fully saturated rings. The molecule has 0 unspecified atom stereocenters. The van der Waals surface area contributed by atoms with Crippen molar-refractivity contribution in [2.24, 2.45) is 0 Å². The number of alkyl halides is 3. The van der Waals surface area contributed by atoms with Gasteiger partial charge in [0.25, 0.3) is 0 Å². The SMILES string of the molecule is CC(=O)c1ccc(S(OS(=O)(=O)C(F)(F)F)(c2ccc(F)cc2)c2ccc(F)cc2)cc1. The van der Waals surface area contributed by atoms with Crippen molar-refractivity contribution >= 4 is 26.2 Å². The molecule has 0 bridgehead atoms. The van der Waals surface area contributed by atoms with Crippen LogP contribution in [0.15, 0.2) is 87.5 Å². The fourth-order valence-electron chi connectivity index (χ4n) is 2.83. The highest BCUT2D eigenvalue weighted by molar-refractivity contribution is 8.33. The van der Waals surface area contributed by atoms with Crippen molar-refractivity contribution in [2.75, 3.05) is 0 Å². The van der Waals surface area contributed by atoms with Gasteiger partial charge in [-0.3, -0.25) is 4.79 Å². The van der Waals surface area contributed by atoms with Crippen molar-refractivity contribution in [3.05, 3.63) is 90.0 Å². The van der Waals surface area contributed by atoms with Gasteiger partial charge in [0, 0.05) is 20.2 Å². The summed E-state index contributed by atoms with van der Waals surface area (Å²) in [4.78, 5) is 11.4. The van der Waals surface area contributed by atoms with E-state index in [-0.39, 0.29) is 26.0 Å². The number of ketones is 1. The van der Waals surface area contributed by atoms with Crippen LogP contribution in [-0.2, 0) is 13.7 Å². The van der Waals surface area contributed by atoms with Crippen LogP contribution in [0.3, 0.4) is 0 Å². The van der Waals surface area contributed by atoms with E-state index in [1.807, 2.05) is 0 Å². The highest BCUT2D eigenvalue weighted by Gasteiger charge is 2.52. The highest BCUT2D eigenvalue weighted by atomic mass is 32.3. The Labute approximate surface area is 182 Å². The number of hydrogen-bond donors (Lipinski definition) is 0.